The Bertz CT molecular complexity index is 690. The van der Waals surface area contributed by atoms with Crippen molar-refractivity contribution in [3.63, 3.8) is 0 Å². The smallest absolute Gasteiger partial charge is 0.356 e. The molecule has 2 saturated heterocycles. The number of alkyl halides is 3. The van der Waals surface area contributed by atoms with Crippen LogP contribution in [0.15, 0.2) is 29.3 Å². The molecule has 2 bridgehead atoms. The lowest BCUT2D eigenvalue weighted by molar-refractivity contribution is -0.137. The quantitative estimate of drug-likeness (QED) is 0.559. The number of benzene rings is 1. The molecule has 0 saturated carbocycles. The summed E-state index contributed by atoms with van der Waals surface area (Å²) in [4.78, 5) is 6.88. The van der Waals surface area contributed by atoms with Crippen molar-refractivity contribution in [1.29, 1.82) is 0 Å². The van der Waals surface area contributed by atoms with Crippen LogP contribution in [0.2, 0.25) is 0 Å². The second-order valence-electron chi connectivity index (χ2n) is 8.53. The first-order valence-corrected chi connectivity index (χ1v) is 10.6. The predicted molar refractivity (Wildman–Crippen MR) is 111 cm³/mol. The van der Waals surface area contributed by atoms with Gasteiger partial charge >= 0.3 is 6.18 Å². The molecule has 1 aromatic rings. The summed E-state index contributed by atoms with van der Waals surface area (Å²) in [7, 11) is 4.01. The minimum atomic E-state index is -4.30. The Morgan fingerprint density at radius 3 is 2.55 bits per heavy atom. The third kappa shape index (κ3) is 5.65. The molecule has 0 radical (unpaired) electrons. The van der Waals surface area contributed by atoms with Crippen LogP contribution in [-0.4, -0.2) is 49.6 Å². The summed E-state index contributed by atoms with van der Waals surface area (Å²) < 4.78 is 38.8. The number of halogens is 3. The molecule has 3 rings (SSSR count). The van der Waals surface area contributed by atoms with Gasteiger partial charge in [0.2, 0.25) is 0 Å². The molecule has 0 aromatic heterocycles. The van der Waals surface area contributed by atoms with Crippen molar-refractivity contribution >= 4 is 5.96 Å². The van der Waals surface area contributed by atoms with E-state index in [0.29, 0.717) is 30.2 Å². The van der Waals surface area contributed by atoms with Gasteiger partial charge in [0.25, 0.3) is 0 Å². The summed E-state index contributed by atoms with van der Waals surface area (Å²) in [6.07, 6.45) is 2.57. The highest BCUT2D eigenvalue weighted by Crippen LogP contribution is 2.33. The lowest BCUT2D eigenvalue weighted by Gasteiger charge is -2.47. The summed E-state index contributed by atoms with van der Waals surface area (Å²) in [6, 6.07) is 7.36. The van der Waals surface area contributed by atoms with Gasteiger partial charge in [0.1, 0.15) is 0 Å². The SMILES string of the molecule is CN=C(NCCC(C)c1cccc(C(F)(F)F)c1)NC1CC2CCCC(C1)N2C. The molecule has 0 spiro atoms. The molecule has 2 aliphatic heterocycles. The normalized spacial score (nSPS) is 26.8. The number of guanidine groups is 1. The van der Waals surface area contributed by atoms with Gasteiger partial charge in [0.15, 0.2) is 5.96 Å². The fourth-order valence-corrected chi connectivity index (χ4v) is 4.72. The van der Waals surface area contributed by atoms with Crippen LogP contribution in [0.3, 0.4) is 0 Å². The predicted octanol–water partition coefficient (Wildman–Crippen LogP) is 4.38. The lowest BCUT2D eigenvalue weighted by Crippen LogP contribution is -2.56. The Labute approximate surface area is 172 Å². The Hall–Kier alpha value is -1.76. The summed E-state index contributed by atoms with van der Waals surface area (Å²) in [5.74, 6) is 0.819. The number of nitrogens with zero attached hydrogens (tertiary/aromatic N) is 2. The van der Waals surface area contributed by atoms with Crippen molar-refractivity contribution < 1.29 is 13.2 Å². The maximum atomic E-state index is 12.9. The third-order valence-electron chi connectivity index (χ3n) is 6.56. The number of rotatable bonds is 5. The van der Waals surface area contributed by atoms with E-state index in [1.807, 2.05) is 6.92 Å². The van der Waals surface area contributed by atoms with E-state index in [4.69, 9.17) is 0 Å². The molecular formula is C22H33F3N4. The molecule has 2 heterocycles. The van der Waals surface area contributed by atoms with Crippen molar-refractivity contribution in [2.24, 2.45) is 4.99 Å². The molecular weight excluding hydrogens is 377 g/mol. The van der Waals surface area contributed by atoms with Gasteiger partial charge in [-0.1, -0.05) is 31.5 Å². The van der Waals surface area contributed by atoms with Gasteiger partial charge in [-0.15, -0.1) is 0 Å². The van der Waals surface area contributed by atoms with Crippen LogP contribution in [0.4, 0.5) is 13.2 Å². The number of hydrogen-bond acceptors (Lipinski definition) is 2. The van der Waals surface area contributed by atoms with Crippen LogP contribution >= 0.6 is 0 Å². The first-order chi connectivity index (χ1) is 13.8. The second-order valence-corrected chi connectivity index (χ2v) is 8.53. The van der Waals surface area contributed by atoms with Crippen molar-refractivity contribution in [3.8, 4) is 0 Å². The van der Waals surface area contributed by atoms with Crippen LogP contribution in [-0.2, 0) is 6.18 Å². The minimum Gasteiger partial charge on any atom is -0.356 e. The van der Waals surface area contributed by atoms with E-state index >= 15 is 0 Å². The first kappa shape index (κ1) is 21.9. The lowest BCUT2D eigenvalue weighted by atomic mass is 9.82. The highest BCUT2D eigenvalue weighted by Gasteiger charge is 2.36. The first-order valence-electron chi connectivity index (χ1n) is 10.6. The van der Waals surface area contributed by atoms with E-state index in [2.05, 4.69) is 27.6 Å². The van der Waals surface area contributed by atoms with E-state index in [9.17, 15) is 13.2 Å². The third-order valence-corrected chi connectivity index (χ3v) is 6.56. The number of nitrogens with one attached hydrogen (secondary N) is 2. The Morgan fingerprint density at radius 1 is 1.24 bits per heavy atom. The summed E-state index contributed by atoms with van der Waals surface area (Å²) in [6.45, 7) is 2.63. The molecule has 3 unspecified atom stereocenters. The average molecular weight is 411 g/mol. The maximum absolute atomic E-state index is 12.9. The number of aliphatic imine (C=N–C) groups is 1. The monoisotopic (exact) mass is 410 g/mol. The second kappa shape index (κ2) is 9.37. The van der Waals surface area contributed by atoms with Crippen LogP contribution in [0.5, 0.6) is 0 Å². The fraction of sp³-hybridized carbons (Fsp3) is 0.682. The highest BCUT2D eigenvalue weighted by molar-refractivity contribution is 5.79. The van der Waals surface area contributed by atoms with Crippen molar-refractivity contribution in [3.05, 3.63) is 35.4 Å². The van der Waals surface area contributed by atoms with Crippen LogP contribution < -0.4 is 10.6 Å². The molecule has 4 nitrogen and oxygen atoms in total. The van der Waals surface area contributed by atoms with Gasteiger partial charge < -0.3 is 15.5 Å². The van der Waals surface area contributed by atoms with Gasteiger partial charge in [-0.2, -0.15) is 13.2 Å². The van der Waals surface area contributed by atoms with E-state index in [-0.39, 0.29) is 5.92 Å². The molecule has 0 amide bonds. The van der Waals surface area contributed by atoms with Gasteiger partial charge in [-0.05, 0) is 56.7 Å². The van der Waals surface area contributed by atoms with E-state index in [0.717, 1.165) is 31.3 Å². The minimum absolute atomic E-state index is 0.0330. The molecule has 2 fully saturated rings. The molecule has 29 heavy (non-hydrogen) atoms. The maximum Gasteiger partial charge on any atom is 0.416 e. The van der Waals surface area contributed by atoms with Gasteiger partial charge in [-0.25, -0.2) is 0 Å². The van der Waals surface area contributed by atoms with Gasteiger partial charge in [0, 0.05) is 31.7 Å². The number of fused-ring (bicyclic) bond motifs is 2. The molecule has 2 aliphatic rings. The Balaban J connectivity index is 1.48. The molecule has 0 aliphatic carbocycles. The molecule has 162 valence electrons. The van der Waals surface area contributed by atoms with Crippen molar-refractivity contribution in [2.45, 2.75) is 75.7 Å². The number of hydrogen-bond donors (Lipinski definition) is 2. The van der Waals surface area contributed by atoms with Crippen molar-refractivity contribution in [2.75, 3.05) is 20.6 Å². The topological polar surface area (TPSA) is 39.7 Å². The standard InChI is InChI=1S/C22H33F3N4/c1-15(16-6-4-7-17(12-16)22(23,24)25)10-11-27-21(26-2)28-18-13-19-8-5-9-20(14-18)29(19)3/h4,6-7,12,15,18-20H,5,8-11,13-14H2,1-3H3,(H2,26,27,28). The van der Waals surface area contributed by atoms with Crippen LogP contribution in [0.25, 0.3) is 0 Å². The zero-order chi connectivity index (χ0) is 21.0. The van der Waals surface area contributed by atoms with Crippen LogP contribution in [0.1, 0.15) is 62.5 Å². The van der Waals surface area contributed by atoms with E-state index < -0.39 is 11.7 Å². The van der Waals surface area contributed by atoms with E-state index in [1.54, 1.807) is 13.1 Å². The fourth-order valence-electron chi connectivity index (χ4n) is 4.72. The molecule has 2 N–H and O–H groups in total. The summed E-state index contributed by atoms with van der Waals surface area (Å²) in [5.41, 5.74) is 0.132. The molecule has 1 aromatic carbocycles. The Morgan fingerprint density at radius 2 is 1.93 bits per heavy atom. The number of piperidine rings is 2. The molecule has 3 atom stereocenters. The van der Waals surface area contributed by atoms with E-state index in [1.165, 1.54) is 31.4 Å². The highest BCUT2D eigenvalue weighted by atomic mass is 19.4. The Kier molecular flexibility index (Phi) is 7.09. The zero-order valence-electron chi connectivity index (χ0n) is 17.6. The summed E-state index contributed by atoms with van der Waals surface area (Å²) >= 11 is 0. The van der Waals surface area contributed by atoms with Crippen LogP contribution in [0, 0.1) is 0 Å². The van der Waals surface area contributed by atoms with Crippen molar-refractivity contribution in [1.82, 2.24) is 15.5 Å². The zero-order valence-corrected chi connectivity index (χ0v) is 17.6. The summed E-state index contributed by atoms with van der Waals surface area (Å²) in [5, 5.41) is 6.90. The molecule has 7 heteroatoms. The van der Waals surface area contributed by atoms with Gasteiger partial charge in [0.05, 0.1) is 5.56 Å². The average Bonchev–Trinajstić information content (AvgIpc) is 2.67. The largest absolute Gasteiger partial charge is 0.416 e. The van der Waals surface area contributed by atoms with Gasteiger partial charge in [-0.3, -0.25) is 4.99 Å².